The van der Waals surface area contributed by atoms with Crippen LogP contribution >= 0.6 is 0 Å². The second kappa shape index (κ2) is 11.7. The van der Waals surface area contributed by atoms with Gasteiger partial charge in [-0.25, -0.2) is 4.79 Å². The second-order valence-corrected chi connectivity index (χ2v) is 14.2. The number of piperidine rings is 1. The van der Waals surface area contributed by atoms with Gasteiger partial charge in [0.2, 0.25) is 5.91 Å². The summed E-state index contributed by atoms with van der Waals surface area (Å²) >= 11 is 0. The molecule has 4 saturated heterocycles. The molecule has 0 aliphatic carbocycles. The second-order valence-electron chi connectivity index (χ2n) is 14.2. The number of hydrogen-bond acceptors (Lipinski definition) is 5. The lowest BCUT2D eigenvalue weighted by molar-refractivity contribution is -0.138. The van der Waals surface area contributed by atoms with Crippen molar-refractivity contribution < 1.29 is 19.1 Å². The molecule has 4 atom stereocenters. The van der Waals surface area contributed by atoms with Gasteiger partial charge in [-0.15, -0.1) is 0 Å². The van der Waals surface area contributed by atoms with Gasteiger partial charge in [0.1, 0.15) is 5.54 Å². The van der Waals surface area contributed by atoms with Crippen molar-refractivity contribution in [3.05, 3.63) is 35.9 Å². The lowest BCUT2D eigenvalue weighted by Crippen LogP contribution is -2.62. The molecule has 4 heterocycles. The number of nitrogens with zero attached hydrogens (tertiary/aromatic N) is 4. The topological polar surface area (TPSA) is 73.4 Å². The van der Waals surface area contributed by atoms with Gasteiger partial charge in [0.25, 0.3) is 5.91 Å². The summed E-state index contributed by atoms with van der Waals surface area (Å²) in [6.07, 6.45) is 4.03. The highest BCUT2D eigenvalue weighted by molar-refractivity contribution is 6.07. The molecule has 1 aromatic rings. The number of likely N-dealkylation sites (tertiary alicyclic amines) is 1. The average Bonchev–Trinajstić information content (AvgIpc) is 3.49. The van der Waals surface area contributed by atoms with Gasteiger partial charge >= 0.3 is 6.03 Å². The average molecular weight is 567 g/mol. The molecule has 1 aromatic carbocycles. The Morgan fingerprint density at radius 1 is 1.05 bits per heavy atom. The summed E-state index contributed by atoms with van der Waals surface area (Å²) in [5, 5.41) is 0. The molecule has 4 amide bonds. The normalized spacial score (nSPS) is 30.5. The highest BCUT2D eigenvalue weighted by atomic mass is 16.5. The minimum Gasteiger partial charge on any atom is -0.380 e. The van der Waals surface area contributed by atoms with Crippen molar-refractivity contribution in [3.8, 4) is 0 Å². The lowest BCUT2D eigenvalue weighted by atomic mass is 9.79. The molecule has 0 N–H and O–H groups in total. The molecular weight excluding hydrogens is 516 g/mol. The number of fused-ring (bicyclic) bond motifs is 2. The van der Waals surface area contributed by atoms with Crippen molar-refractivity contribution >= 4 is 17.8 Å². The first-order valence-corrected chi connectivity index (χ1v) is 15.8. The van der Waals surface area contributed by atoms with Crippen molar-refractivity contribution in [1.82, 2.24) is 19.6 Å². The van der Waals surface area contributed by atoms with E-state index in [1.807, 2.05) is 25.7 Å². The van der Waals surface area contributed by atoms with Crippen LogP contribution in [0.3, 0.4) is 0 Å². The Morgan fingerprint density at radius 2 is 1.71 bits per heavy atom. The zero-order chi connectivity index (χ0) is 29.5. The molecule has 5 rings (SSSR count). The lowest BCUT2D eigenvalue weighted by Gasteiger charge is -2.48. The Labute approximate surface area is 246 Å². The van der Waals surface area contributed by atoms with Gasteiger partial charge in [0, 0.05) is 56.7 Å². The number of rotatable bonds is 9. The van der Waals surface area contributed by atoms with Crippen LogP contribution in [0.2, 0.25) is 0 Å². The monoisotopic (exact) mass is 566 g/mol. The van der Waals surface area contributed by atoms with Crippen molar-refractivity contribution in [3.63, 3.8) is 0 Å². The van der Waals surface area contributed by atoms with E-state index in [4.69, 9.17) is 4.74 Å². The number of hydrogen-bond donors (Lipinski definition) is 0. The first kappa shape index (κ1) is 30.0. The molecular formula is C33H50N4O4. The van der Waals surface area contributed by atoms with Crippen molar-refractivity contribution in [2.24, 2.45) is 11.3 Å². The summed E-state index contributed by atoms with van der Waals surface area (Å²) in [5.41, 5.74) is 0.502. The zero-order valence-corrected chi connectivity index (χ0v) is 26.0. The number of carbonyl (C=O) groups excluding carboxylic acids is 3. The first-order chi connectivity index (χ1) is 19.4. The summed E-state index contributed by atoms with van der Waals surface area (Å²) in [6, 6.07) is 11.0. The highest BCUT2D eigenvalue weighted by Gasteiger charge is 2.63. The number of benzene rings is 1. The van der Waals surface area contributed by atoms with E-state index in [0.717, 1.165) is 32.5 Å². The maximum atomic E-state index is 14.0. The molecule has 4 aliphatic heterocycles. The van der Waals surface area contributed by atoms with Crippen LogP contribution in [0.15, 0.2) is 30.3 Å². The van der Waals surface area contributed by atoms with Gasteiger partial charge in [0.15, 0.2) is 0 Å². The first-order valence-electron chi connectivity index (χ1n) is 15.8. The van der Waals surface area contributed by atoms with Crippen LogP contribution in [0, 0.1) is 11.3 Å². The van der Waals surface area contributed by atoms with Crippen LogP contribution in [0.4, 0.5) is 4.79 Å². The number of imide groups is 1. The molecule has 4 fully saturated rings. The molecule has 2 unspecified atom stereocenters. The summed E-state index contributed by atoms with van der Waals surface area (Å²) < 4.78 is 5.51. The minimum absolute atomic E-state index is 0.0329. The molecule has 0 saturated carbocycles. The Balaban J connectivity index is 1.35. The Morgan fingerprint density at radius 3 is 2.29 bits per heavy atom. The van der Waals surface area contributed by atoms with Crippen LogP contribution in [-0.2, 0) is 14.3 Å². The van der Waals surface area contributed by atoms with E-state index in [0.29, 0.717) is 50.9 Å². The van der Waals surface area contributed by atoms with Crippen LogP contribution < -0.4 is 0 Å². The van der Waals surface area contributed by atoms with E-state index in [9.17, 15) is 14.4 Å². The molecule has 226 valence electrons. The molecule has 4 aliphatic rings. The van der Waals surface area contributed by atoms with E-state index < -0.39 is 5.54 Å². The zero-order valence-electron chi connectivity index (χ0n) is 26.0. The largest absolute Gasteiger partial charge is 0.380 e. The minimum atomic E-state index is -0.761. The van der Waals surface area contributed by atoms with E-state index in [-0.39, 0.29) is 41.4 Å². The number of ether oxygens (including phenoxy) is 1. The Hall–Kier alpha value is -2.45. The summed E-state index contributed by atoms with van der Waals surface area (Å²) in [6.45, 7) is 16.1. The SMILES string of the molecule is CCOCCN1C(=O)N(C(C)C)C2(CC3CCC(C2)N3C[C@H]2CN(C(=O)CC(C)(C)C)C[C@@H]2c2ccccc2)C1=O. The summed E-state index contributed by atoms with van der Waals surface area (Å²) in [7, 11) is 0. The number of urea groups is 1. The molecule has 0 aromatic heterocycles. The fourth-order valence-corrected chi connectivity index (χ4v) is 8.13. The third-order valence-corrected chi connectivity index (χ3v) is 9.79. The third-order valence-electron chi connectivity index (χ3n) is 9.79. The fourth-order valence-electron chi connectivity index (χ4n) is 8.13. The van der Waals surface area contributed by atoms with Gasteiger partial charge in [-0.1, -0.05) is 51.1 Å². The number of carbonyl (C=O) groups is 3. The predicted molar refractivity (Wildman–Crippen MR) is 159 cm³/mol. The molecule has 8 nitrogen and oxygen atoms in total. The third kappa shape index (κ3) is 5.79. The van der Waals surface area contributed by atoms with Gasteiger partial charge in [-0.05, 0) is 63.4 Å². The maximum absolute atomic E-state index is 14.0. The van der Waals surface area contributed by atoms with Gasteiger partial charge in [0.05, 0.1) is 13.2 Å². The van der Waals surface area contributed by atoms with Gasteiger partial charge in [-0.2, -0.15) is 0 Å². The van der Waals surface area contributed by atoms with E-state index in [1.54, 1.807) is 0 Å². The summed E-state index contributed by atoms with van der Waals surface area (Å²) in [5.74, 6) is 0.848. The Kier molecular flexibility index (Phi) is 8.55. The van der Waals surface area contributed by atoms with Crippen LogP contribution in [0.25, 0.3) is 0 Å². The van der Waals surface area contributed by atoms with E-state index in [1.165, 1.54) is 10.5 Å². The van der Waals surface area contributed by atoms with Crippen LogP contribution in [-0.4, -0.2) is 101 Å². The maximum Gasteiger partial charge on any atom is 0.327 e. The van der Waals surface area contributed by atoms with Gasteiger partial charge in [-0.3, -0.25) is 19.4 Å². The quantitative estimate of drug-likeness (QED) is 0.319. The molecule has 0 radical (unpaired) electrons. The van der Waals surface area contributed by atoms with E-state index in [2.05, 4.69) is 60.9 Å². The molecule has 41 heavy (non-hydrogen) atoms. The standard InChI is InChI=1S/C33H50N4O4/c1-7-41-16-15-35-30(39)33(37(23(2)3)31(35)40)17-26-13-14-27(18-33)36(26)21-25-20-34(29(38)19-32(4,5)6)22-28(25)24-11-9-8-10-12-24/h8-12,23,25-28H,7,13-22H2,1-6H3/t25-,26?,27?,28-,33?/m1/s1. The molecule has 1 spiro atoms. The van der Waals surface area contributed by atoms with Crippen LogP contribution in [0.1, 0.15) is 85.1 Å². The van der Waals surface area contributed by atoms with Crippen molar-refractivity contribution in [2.45, 2.75) is 103 Å². The van der Waals surface area contributed by atoms with Gasteiger partial charge < -0.3 is 14.5 Å². The smallest absolute Gasteiger partial charge is 0.327 e. The Bertz CT molecular complexity index is 1100. The molecule has 8 heteroatoms. The van der Waals surface area contributed by atoms with Crippen LogP contribution in [0.5, 0.6) is 0 Å². The van der Waals surface area contributed by atoms with E-state index >= 15 is 0 Å². The van der Waals surface area contributed by atoms with Crippen molar-refractivity contribution in [2.75, 3.05) is 39.4 Å². The van der Waals surface area contributed by atoms with Crippen molar-refractivity contribution in [1.29, 1.82) is 0 Å². The number of amides is 4. The highest BCUT2D eigenvalue weighted by Crippen LogP contribution is 2.49. The summed E-state index contributed by atoms with van der Waals surface area (Å²) in [4.78, 5) is 48.9. The predicted octanol–water partition coefficient (Wildman–Crippen LogP) is 4.74. The fraction of sp³-hybridized carbons (Fsp3) is 0.727. The molecule has 2 bridgehead atoms.